The molecule has 0 amide bonds. The van der Waals surface area contributed by atoms with Gasteiger partial charge in [-0.2, -0.15) is 0 Å². The molecule has 0 aliphatic carbocycles. The first-order valence-electron chi connectivity index (χ1n) is 8.70. The standard InChI is InChI=1S/C19H24O8/c1-11-8-15(10-23-12(2)20)26-18(9-11)27-17-7-5-6-16(24-13(3)21)19(17)25-14(4)22/h5-7,11,15,18H,8-10H2,1-4H3/t11?,15-,18-/m0/s1. The van der Waals surface area contributed by atoms with E-state index < -0.39 is 18.2 Å². The minimum Gasteiger partial charge on any atom is -0.463 e. The average molecular weight is 380 g/mol. The first kappa shape index (κ1) is 20.7. The van der Waals surface area contributed by atoms with Gasteiger partial charge in [0.2, 0.25) is 12.0 Å². The molecule has 1 unspecified atom stereocenters. The second kappa shape index (κ2) is 9.36. The molecule has 1 aromatic carbocycles. The van der Waals surface area contributed by atoms with Gasteiger partial charge < -0.3 is 23.7 Å². The van der Waals surface area contributed by atoms with Gasteiger partial charge in [-0.25, -0.2) is 0 Å². The van der Waals surface area contributed by atoms with Crippen molar-refractivity contribution in [3.8, 4) is 17.2 Å². The van der Waals surface area contributed by atoms with Crippen LogP contribution in [-0.4, -0.2) is 36.9 Å². The van der Waals surface area contributed by atoms with E-state index in [2.05, 4.69) is 0 Å². The fraction of sp³-hybridized carbons (Fsp3) is 0.526. The molecule has 3 atom stereocenters. The Kier molecular flexibility index (Phi) is 7.18. The van der Waals surface area contributed by atoms with Crippen molar-refractivity contribution >= 4 is 17.9 Å². The lowest BCUT2D eigenvalue weighted by molar-refractivity contribution is -0.181. The van der Waals surface area contributed by atoms with E-state index >= 15 is 0 Å². The van der Waals surface area contributed by atoms with Gasteiger partial charge in [0.05, 0.1) is 6.10 Å². The monoisotopic (exact) mass is 380 g/mol. The molecule has 1 fully saturated rings. The van der Waals surface area contributed by atoms with Gasteiger partial charge in [0, 0.05) is 27.2 Å². The molecule has 0 N–H and O–H groups in total. The van der Waals surface area contributed by atoms with Crippen molar-refractivity contribution in [3.63, 3.8) is 0 Å². The van der Waals surface area contributed by atoms with E-state index in [1.165, 1.54) is 26.8 Å². The number of benzene rings is 1. The molecular formula is C19H24O8. The summed E-state index contributed by atoms with van der Waals surface area (Å²) in [7, 11) is 0. The van der Waals surface area contributed by atoms with Crippen molar-refractivity contribution in [2.75, 3.05) is 6.61 Å². The van der Waals surface area contributed by atoms with Gasteiger partial charge in [0.25, 0.3) is 0 Å². The summed E-state index contributed by atoms with van der Waals surface area (Å²) >= 11 is 0. The predicted octanol–water partition coefficient (Wildman–Crippen LogP) is 2.62. The molecule has 0 saturated carbocycles. The molecule has 2 rings (SSSR count). The Balaban J connectivity index is 2.17. The van der Waals surface area contributed by atoms with Crippen LogP contribution in [0.15, 0.2) is 18.2 Å². The second-order valence-electron chi connectivity index (χ2n) is 6.46. The fourth-order valence-electron chi connectivity index (χ4n) is 2.80. The average Bonchev–Trinajstić information content (AvgIpc) is 2.54. The van der Waals surface area contributed by atoms with Crippen molar-refractivity contribution in [1.82, 2.24) is 0 Å². The molecule has 8 heteroatoms. The van der Waals surface area contributed by atoms with E-state index in [1.807, 2.05) is 6.92 Å². The Morgan fingerprint density at radius 2 is 1.67 bits per heavy atom. The predicted molar refractivity (Wildman–Crippen MR) is 93.4 cm³/mol. The molecule has 1 aliphatic heterocycles. The lowest BCUT2D eigenvalue weighted by Crippen LogP contribution is -2.38. The summed E-state index contributed by atoms with van der Waals surface area (Å²) in [6.07, 6.45) is 0.415. The smallest absolute Gasteiger partial charge is 0.308 e. The Morgan fingerprint density at radius 1 is 1.00 bits per heavy atom. The van der Waals surface area contributed by atoms with Crippen LogP contribution in [-0.2, 0) is 23.9 Å². The van der Waals surface area contributed by atoms with Gasteiger partial charge in [-0.1, -0.05) is 13.0 Å². The zero-order chi connectivity index (χ0) is 20.0. The number of rotatable bonds is 6. The summed E-state index contributed by atoms with van der Waals surface area (Å²) < 4.78 is 27.0. The molecule has 0 bridgehead atoms. The highest BCUT2D eigenvalue weighted by atomic mass is 16.7. The van der Waals surface area contributed by atoms with E-state index in [0.717, 1.165) is 6.42 Å². The lowest BCUT2D eigenvalue weighted by atomic mass is 9.97. The number of hydrogen-bond acceptors (Lipinski definition) is 8. The first-order chi connectivity index (χ1) is 12.7. The van der Waals surface area contributed by atoms with Crippen LogP contribution in [0.3, 0.4) is 0 Å². The van der Waals surface area contributed by atoms with Crippen LogP contribution in [0.4, 0.5) is 0 Å². The first-order valence-corrected chi connectivity index (χ1v) is 8.70. The molecule has 27 heavy (non-hydrogen) atoms. The van der Waals surface area contributed by atoms with Crippen LogP contribution in [0.2, 0.25) is 0 Å². The van der Waals surface area contributed by atoms with Gasteiger partial charge in [0.1, 0.15) is 6.61 Å². The normalized spacial score (nSPS) is 21.9. The molecule has 1 heterocycles. The number of ether oxygens (including phenoxy) is 5. The van der Waals surface area contributed by atoms with Gasteiger partial charge >= 0.3 is 17.9 Å². The van der Waals surface area contributed by atoms with E-state index in [0.29, 0.717) is 6.42 Å². The third-order valence-corrected chi connectivity index (χ3v) is 3.78. The van der Waals surface area contributed by atoms with Gasteiger partial charge in [0.15, 0.2) is 11.5 Å². The number of carbonyl (C=O) groups is 3. The quantitative estimate of drug-likeness (QED) is 0.549. The molecule has 1 aliphatic rings. The zero-order valence-corrected chi connectivity index (χ0v) is 15.9. The second-order valence-corrected chi connectivity index (χ2v) is 6.46. The molecule has 0 radical (unpaired) electrons. The lowest BCUT2D eigenvalue weighted by Gasteiger charge is -2.33. The number of esters is 3. The van der Waals surface area contributed by atoms with Crippen LogP contribution in [0.5, 0.6) is 17.2 Å². The van der Waals surface area contributed by atoms with Crippen molar-refractivity contribution in [2.24, 2.45) is 5.92 Å². The maximum Gasteiger partial charge on any atom is 0.308 e. The fourth-order valence-corrected chi connectivity index (χ4v) is 2.80. The summed E-state index contributed by atoms with van der Waals surface area (Å²) in [5.74, 6) is -0.920. The number of hydrogen-bond donors (Lipinski definition) is 0. The summed E-state index contributed by atoms with van der Waals surface area (Å²) in [6, 6.07) is 4.71. The minimum absolute atomic E-state index is 0.0126. The van der Waals surface area contributed by atoms with Gasteiger partial charge in [-0.15, -0.1) is 0 Å². The third-order valence-electron chi connectivity index (χ3n) is 3.78. The molecule has 8 nitrogen and oxygen atoms in total. The van der Waals surface area contributed by atoms with Crippen molar-refractivity contribution in [3.05, 3.63) is 18.2 Å². The van der Waals surface area contributed by atoms with E-state index in [-0.39, 0.29) is 41.8 Å². The maximum atomic E-state index is 11.5. The number of para-hydroxylation sites is 1. The zero-order valence-electron chi connectivity index (χ0n) is 15.9. The van der Waals surface area contributed by atoms with E-state index in [1.54, 1.807) is 12.1 Å². The third kappa shape index (κ3) is 6.56. The SMILES string of the molecule is CC(=O)OC[C@@H]1CC(C)C[C@H](Oc2cccc(OC(C)=O)c2OC(C)=O)O1. The summed E-state index contributed by atoms with van der Waals surface area (Å²) in [5, 5.41) is 0. The van der Waals surface area contributed by atoms with Crippen LogP contribution in [0.25, 0.3) is 0 Å². The van der Waals surface area contributed by atoms with Crippen LogP contribution in [0.1, 0.15) is 40.5 Å². The highest BCUT2D eigenvalue weighted by Crippen LogP contribution is 2.39. The Labute approximate surface area is 157 Å². The molecule has 1 saturated heterocycles. The van der Waals surface area contributed by atoms with Crippen molar-refractivity contribution in [1.29, 1.82) is 0 Å². The highest BCUT2D eigenvalue weighted by Gasteiger charge is 2.30. The largest absolute Gasteiger partial charge is 0.463 e. The Morgan fingerprint density at radius 3 is 2.30 bits per heavy atom. The molecule has 148 valence electrons. The van der Waals surface area contributed by atoms with Crippen LogP contribution >= 0.6 is 0 Å². The summed E-state index contributed by atoms with van der Waals surface area (Å²) in [4.78, 5) is 33.8. The molecule has 0 spiro atoms. The van der Waals surface area contributed by atoms with Crippen molar-refractivity contribution in [2.45, 2.75) is 52.9 Å². The number of carbonyl (C=O) groups excluding carboxylic acids is 3. The van der Waals surface area contributed by atoms with Crippen LogP contribution in [0, 0.1) is 5.92 Å². The summed E-state index contributed by atoms with van der Waals surface area (Å²) in [5.41, 5.74) is 0. The van der Waals surface area contributed by atoms with Gasteiger partial charge in [-0.05, 0) is 24.5 Å². The Bertz CT molecular complexity index is 699. The Hall–Kier alpha value is -2.61. The van der Waals surface area contributed by atoms with Crippen molar-refractivity contribution < 1.29 is 38.1 Å². The molecular weight excluding hydrogens is 356 g/mol. The highest BCUT2D eigenvalue weighted by molar-refractivity contribution is 5.75. The minimum atomic E-state index is -0.629. The molecule has 1 aromatic rings. The van der Waals surface area contributed by atoms with Gasteiger partial charge in [-0.3, -0.25) is 14.4 Å². The maximum absolute atomic E-state index is 11.5. The van der Waals surface area contributed by atoms with Crippen LogP contribution < -0.4 is 14.2 Å². The van der Waals surface area contributed by atoms with E-state index in [9.17, 15) is 14.4 Å². The topological polar surface area (TPSA) is 97.4 Å². The van der Waals surface area contributed by atoms with E-state index in [4.69, 9.17) is 23.7 Å². The summed E-state index contributed by atoms with van der Waals surface area (Å²) in [6.45, 7) is 6.01. The molecule has 0 aromatic heterocycles.